The predicted molar refractivity (Wildman–Crippen MR) is 95.7 cm³/mol. The van der Waals surface area contributed by atoms with E-state index in [9.17, 15) is 4.79 Å². The largest absolute Gasteiger partial charge is 0.520 e. The summed E-state index contributed by atoms with van der Waals surface area (Å²) in [5.74, 6) is -0.00803. The molecule has 0 saturated heterocycles. The van der Waals surface area contributed by atoms with Gasteiger partial charge in [-0.05, 0) is 59.0 Å². The average Bonchev–Trinajstić information content (AvgIpc) is 2.22. The van der Waals surface area contributed by atoms with Crippen molar-refractivity contribution in [2.75, 3.05) is 0 Å². The van der Waals surface area contributed by atoms with Gasteiger partial charge in [0.1, 0.15) is 0 Å². The average molecular weight is 333 g/mol. The number of carbonyl (C=O) groups is 1. The lowest BCUT2D eigenvalue weighted by molar-refractivity contribution is -0.135. The summed E-state index contributed by atoms with van der Waals surface area (Å²) in [4.78, 5) is 11.6. The third-order valence-electron chi connectivity index (χ3n) is 2.97. The molecule has 0 saturated carbocycles. The second-order valence-electron chi connectivity index (χ2n) is 7.93. The normalized spacial score (nSPS) is 14.0. The molecule has 5 heteroatoms. The van der Waals surface area contributed by atoms with Gasteiger partial charge in [0.25, 0.3) is 5.97 Å². The Balaban J connectivity index is 3.47. The topological polar surface area (TPSA) is 35.5 Å². The maximum atomic E-state index is 11.6. The van der Waals surface area contributed by atoms with Gasteiger partial charge in [0.2, 0.25) is 8.32 Å². The minimum Gasteiger partial charge on any atom is -0.520 e. The third kappa shape index (κ3) is 16.1. The second kappa shape index (κ2) is 9.79. The Kier molecular flexibility index (Phi) is 9.73. The van der Waals surface area contributed by atoms with Crippen molar-refractivity contribution in [3.8, 4) is 0 Å². The molecule has 0 spiro atoms. The van der Waals surface area contributed by atoms with Crippen molar-refractivity contribution < 1.29 is 13.6 Å². The van der Waals surface area contributed by atoms with E-state index in [0.29, 0.717) is 12.5 Å². The number of rotatable bonds is 11. The van der Waals surface area contributed by atoms with Gasteiger partial charge in [-0.2, -0.15) is 0 Å². The van der Waals surface area contributed by atoms with Gasteiger partial charge in [-0.3, -0.25) is 4.79 Å². The van der Waals surface area contributed by atoms with Crippen LogP contribution in [0, 0.1) is 0 Å². The molecule has 0 fully saturated rings. The Labute approximate surface area is 134 Å². The van der Waals surface area contributed by atoms with E-state index in [2.05, 4.69) is 46.2 Å². The molecule has 0 amide bonds. The van der Waals surface area contributed by atoms with E-state index in [1.54, 1.807) is 0 Å². The summed E-state index contributed by atoms with van der Waals surface area (Å²) in [5.41, 5.74) is 0. The molecule has 126 valence electrons. The maximum Gasteiger partial charge on any atom is 0.292 e. The smallest absolute Gasteiger partial charge is 0.292 e. The highest BCUT2D eigenvalue weighted by molar-refractivity contribution is 6.71. The van der Waals surface area contributed by atoms with Crippen LogP contribution in [-0.2, 0) is 13.6 Å². The van der Waals surface area contributed by atoms with Crippen LogP contribution in [0.15, 0.2) is 0 Å². The predicted octanol–water partition coefficient (Wildman–Crippen LogP) is 5.34. The highest BCUT2D eigenvalue weighted by Gasteiger charge is 2.19. The molecule has 1 unspecified atom stereocenters. The Hall–Kier alpha value is -0.136. The van der Waals surface area contributed by atoms with Crippen LogP contribution >= 0.6 is 0 Å². The summed E-state index contributed by atoms with van der Waals surface area (Å²) < 4.78 is 11.5. The Morgan fingerprint density at radius 2 is 1.38 bits per heavy atom. The van der Waals surface area contributed by atoms with Gasteiger partial charge < -0.3 is 8.85 Å². The minimum atomic E-state index is -1.69. The quantitative estimate of drug-likeness (QED) is 0.378. The fourth-order valence-corrected chi connectivity index (χ4v) is 4.40. The lowest BCUT2D eigenvalue weighted by Gasteiger charge is -2.23. The summed E-state index contributed by atoms with van der Waals surface area (Å²) in [6.45, 7) is 15.1. The first-order chi connectivity index (χ1) is 9.49. The Morgan fingerprint density at radius 1 is 0.857 bits per heavy atom. The molecule has 0 aromatic carbocycles. The van der Waals surface area contributed by atoms with Crippen LogP contribution in [0.5, 0.6) is 0 Å². The van der Waals surface area contributed by atoms with Crippen LogP contribution in [0.25, 0.3) is 0 Å². The molecule has 0 aliphatic rings. The SMILES string of the molecule is CC(CCCCCCCC(=O)O[Si](C)(C)C)O[Si](C)(C)C. The molecule has 0 aliphatic heterocycles. The third-order valence-corrected chi connectivity index (χ3v) is 4.92. The van der Waals surface area contributed by atoms with Crippen molar-refractivity contribution in [3.63, 3.8) is 0 Å². The molecule has 0 radical (unpaired) electrons. The fourth-order valence-electron chi connectivity index (χ4n) is 2.29. The molecule has 0 N–H and O–H groups in total. The van der Waals surface area contributed by atoms with Crippen molar-refractivity contribution >= 4 is 22.6 Å². The van der Waals surface area contributed by atoms with Crippen LogP contribution in [-0.4, -0.2) is 28.7 Å². The van der Waals surface area contributed by atoms with E-state index in [4.69, 9.17) is 8.85 Å². The molecular weight excluding hydrogens is 296 g/mol. The van der Waals surface area contributed by atoms with Crippen LogP contribution in [0.4, 0.5) is 0 Å². The molecule has 0 heterocycles. The highest BCUT2D eigenvalue weighted by atomic mass is 28.4. The number of hydrogen-bond donors (Lipinski definition) is 0. The van der Waals surface area contributed by atoms with E-state index in [1.807, 2.05) is 0 Å². The van der Waals surface area contributed by atoms with Crippen molar-refractivity contribution in [2.45, 2.75) is 97.3 Å². The van der Waals surface area contributed by atoms with E-state index < -0.39 is 16.6 Å². The van der Waals surface area contributed by atoms with Gasteiger partial charge in [0.05, 0.1) is 0 Å². The molecule has 3 nitrogen and oxygen atoms in total. The molecule has 21 heavy (non-hydrogen) atoms. The molecule has 0 aliphatic carbocycles. The monoisotopic (exact) mass is 332 g/mol. The maximum absolute atomic E-state index is 11.6. The zero-order chi connectivity index (χ0) is 16.5. The van der Waals surface area contributed by atoms with Gasteiger partial charge in [-0.15, -0.1) is 0 Å². The first-order valence-electron chi connectivity index (χ1n) is 8.39. The number of hydrogen-bond acceptors (Lipinski definition) is 3. The van der Waals surface area contributed by atoms with E-state index >= 15 is 0 Å². The first-order valence-corrected chi connectivity index (χ1v) is 15.2. The van der Waals surface area contributed by atoms with E-state index in [1.165, 1.54) is 19.3 Å². The molecular formula is C16H36O3Si2. The molecule has 0 bridgehead atoms. The fraction of sp³-hybridized carbons (Fsp3) is 0.938. The standard InChI is InChI=1S/C16H36O3Si2/c1-15(18-20(2,3)4)13-11-9-8-10-12-14-16(17)19-21(5,6)7/h15H,8-14H2,1-7H3. The van der Waals surface area contributed by atoms with Crippen molar-refractivity contribution in [3.05, 3.63) is 0 Å². The zero-order valence-corrected chi connectivity index (χ0v) is 17.3. The summed E-state index contributed by atoms with van der Waals surface area (Å²) in [6, 6.07) is 0. The van der Waals surface area contributed by atoms with Crippen molar-refractivity contribution in [1.82, 2.24) is 0 Å². The second-order valence-corrected chi connectivity index (χ2v) is 16.8. The summed E-state index contributed by atoms with van der Waals surface area (Å²) in [6.07, 6.45) is 7.90. The molecule has 1 atom stereocenters. The van der Waals surface area contributed by atoms with Gasteiger partial charge in [0.15, 0.2) is 8.32 Å². The number of unbranched alkanes of at least 4 members (excludes halogenated alkanes) is 4. The summed E-state index contributed by atoms with van der Waals surface area (Å²) in [7, 11) is -3.08. The van der Waals surface area contributed by atoms with Gasteiger partial charge >= 0.3 is 0 Å². The van der Waals surface area contributed by atoms with Crippen LogP contribution < -0.4 is 0 Å². The van der Waals surface area contributed by atoms with Crippen LogP contribution in [0.1, 0.15) is 51.9 Å². The summed E-state index contributed by atoms with van der Waals surface area (Å²) >= 11 is 0. The minimum absolute atomic E-state index is 0.00803. The Morgan fingerprint density at radius 3 is 1.90 bits per heavy atom. The lowest BCUT2D eigenvalue weighted by atomic mass is 10.1. The molecule has 0 aromatic rings. The first kappa shape index (κ1) is 20.9. The van der Waals surface area contributed by atoms with Gasteiger partial charge in [-0.1, -0.05) is 25.7 Å². The van der Waals surface area contributed by atoms with Crippen LogP contribution in [0.3, 0.4) is 0 Å². The van der Waals surface area contributed by atoms with E-state index in [0.717, 1.165) is 19.3 Å². The van der Waals surface area contributed by atoms with Gasteiger partial charge in [-0.25, -0.2) is 0 Å². The Bertz CT molecular complexity index is 293. The highest BCUT2D eigenvalue weighted by Crippen LogP contribution is 2.14. The van der Waals surface area contributed by atoms with Gasteiger partial charge in [0, 0.05) is 12.5 Å². The molecule has 0 aromatic heterocycles. The van der Waals surface area contributed by atoms with Crippen LogP contribution in [0.2, 0.25) is 39.3 Å². The summed E-state index contributed by atoms with van der Waals surface area (Å²) in [5, 5.41) is 0. The lowest BCUT2D eigenvalue weighted by Crippen LogP contribution is -2.30. The zero-order valence-electron chi connectivity index (χ0n) is 15.3. The molecule has 0 rings (SSSR count). The van der Waals surface area contributed by atoms with Crippen molar-refractivity contribution in [2.24, 2.45) is 0 Å². The number of carbonyl (C=O) groups excluding carboxylic acids is 1. The van der Waals surface area contributed by atoms with Crippen molar-refractivity contribution in [1.29, 1.82) is 0 Å². The van der Waals surface area contributed by atoms with E-state index in [-0.39, 0.29) is 5.97 Å².